The van der Waals surface area contributed by atoms with Crippen LogP contribution in [0.25, 0.3) is 4.96 Å². The summed E-state index contributed by atoms with van der Waals surface area (Å²) in [4.78, 5) is 0.106. The van der Waals surface area contributed by atoms with Crippen LogP contribution in [0, 0.1) is 12.3 Å². The highest BCUT2D eigenvalue weighted by molar-refractivity contribution is 7.16. The first kappa shape index (κ1) is 11.8. The average molecular weight is 261 g/mol. The number of terminal acetylenes is 1. The molecule has 0 aliphatic heterocycles. The number of alkyl halides is 3. The average Bonchev–Trinajstić information content (AvgIpc) is 2.74. The molecule has 2 aromatic heterocycles. The molecule has 0 unspecified atom stereocenters. The van der Waals surface area contributed by atoms with Gasteiger partial charge in [-0.2, -0.15) is 22.8 Å². The van der Waals surface area contributed by atoms with Gasteiger partial charge in [0.25, 0.3) is 5.82 Å². The highest BCUT2D eigenvalue weighted by atomic mass is 32.1. The summed E-state index contributed by atoms with van der Waals surface area (Å²) in [5.74, 6) is 1.23. The zero-order chi connectivity index (χ0) is 12.5. The lowest BCUT2D eigenvalue weighted by molar-refractivity contribution is -0.146. The van der Waals surface area contributed by atoms with Crippen LogP contribution in [0.2, 0.25) is 0 Å². The molecule has 0 amide bonds. The van der Waals surface area contributed by atoms with Crippen LogP contribution in [-0.2, 0) is 12.7 Å². The van der Waals surface area contributed by atoms with Crippen molar-refractivity contribution < 1.29 is 13.2 Å². The molecule has 0 bridgehead atoms. The molecule has 0 radical (unpaired) electrons. The summed E-state index contributed by atoms with van der Waals surface area (Å²) in [6.07, 6.45) is 0.465. The van der Waals surface area contributed by atoms with Gasteiger partial charge in [-0.3, -0.25) is 5.32 Å². The number of rotatable bonds is 3. The first-order valence-electron chi connectivity index (χ1n) is 4.45. The van der Waals surface area contributed by atoms with Crippen molar-refractivity contribution in [2.75, 3.05) is 6.54 Å². The summed E-state index contributed by atoms with van der Waals surface area (Å²) in [5.41, 5.74) is 0. The molecule has 17 heavy (non-hydrogen) atoms. The molecule has 0 saturated heterocycles. The Bertz CT molecular complexity index is 564. The highest BCUT2D eigenvalue weighted by Gasteiger charge is 2.38. The summed E-state index contributed by atoms with van der Waals surface area (Å²) in [5, 5.41) is 13.5. The normalized spacial score (nSPS) is 11.9. The first-order chi connectivity index (χ1) is 8.02. The molecule has 9 heteroatoms. The molecule has 2 aromatic rings. The Labute approximate surface area is 97.7 Å². The van der Waals surface area contributed by atoms with Crippen molar-refractivity contribution in [1.82, 2.24) is 25.1 Å². The largest absolute Gasteiger partial charge is 0.453 e. The van der Waals surface area contributed by atoms with Crippen LogP contribution in [0.4, 0.5) is 13.2 Å². The molecule has 0 aliphatic carbocycles. The molecule has 0 aromatic carbocycles. The summed E-state index contributed by atoms with van der Waals surface area (Å²) < 4.78 is 38.1. The van der Waals surface area contributed by atoms with Gasteiger partial charge in [-0.15, -0.1) is 16.6 Å². The summed E-state index contributed by atoms with van der Waals surface area (Å²) >= 11 is 1.03. The van der Waals surface area contributed by atoms with E-state index in [1.807, 2.05) is 0 Å². The molecule has 5 nitrogen and oxygen atoms in total. The Kier molecular flexibility index (Phi) is 2.99. The zero-order valence-corrected chi connectivity index (χ0v) is 9.14. The van der Waals surface area contributed by atoms with E-state index in [-0.39, 0.29) is 4.96 Å². The summed E-state index contributed by atoms with van der Waals surface area (Å²) in [7, 11) is 0. The van der Waals surface area contributed by atoms with E-state index in [2.05, 4.69) is 26.5 Å². The Morgan fingerprint density at radius 1 is 1.41 bits per heavy atom. The molecule has 90 valence electrons. The number of aromatic nitrogens is 4. The van der Waals surface area contributed by atoms with Crippen LogP contribution in [0.3, 0.4) is 0 Å². The third-order valence-corrected chi connectivity index (χ3v) is 2.69. The van der Waals surface area contributed by atoms with Crippen LogP contribution >= 0.6 is 11.3 Å². The van der Waals surface area contributed by atoms with Gasteiger partial charge in [0.1, 0.15) is 5.01 Å². The summed E-state index contributed by atoms with van der Waals surface area (Å²) in [6, 6.07) is 0. The fourth-order valence-electron chi connectivity index (χ4n) is 1.15. The minimum atomic E-state index is -4.56. The van der Waals surface area contributed by atoms with E-state index in [1.165, 1.54) is 0 Å². The summed E-state index contributed by atoms with van der Waals surface area (Å²) in [6.45, 7) is 0.627. The number of halogens is 3. The van der Waals surface area contributed by atoms with Gasteiger partial charge < -0.3 is 0 Å². The minimum absolute atomic E-state index is 0.106. The number of nitrogens with one attached hydrogen (secondary N) is 1. The lowest BCUT2D eigenvalue weighted by atomic mass is 10.6. The molecular weight excluding hydrogens is 255 g/mol. The predicted octanol–water partition coefficient (Wildman–Crippen LogP) is 0.927. The molecular formula is C8H6F3N5S. The Balaban J connectivity index is 2.26. The second-order valence-corrected chi connectivity index (χ2v) is 4.06. The topological polar surface area (TPSA) is 55.1 Å². The standard InChI is InChI=1S/C8H6F3N5S/c1-2-3-12-4-5-15-16-6(8(9,10)11)13-14-7(16)17-5/h1,12H,3-4H2. The first-order valence-corrected chi connectivity index (χ1v) is 5.26. The van der Waals surface area contributed by atoms with E-state index in [9.17, 15) is 13.2 Å². The molecule has 1 N–H and O–H groups in total. The predicted molar refractivity (Wildman–Crippen MR) is 54.2 cm³/mol. The van der Waals surface area contributed by atoms with E-state index in [1.54, 1.807) is 0 Å². The van der Waals surface area contributed by atoms with Crippen molar-refractivity contribution in [3.63, 3.8) is 0 Å². The lowest BCUT2D eigenvalue weighted by Gasteiger charge is -2.00. The SMILES string of the molecule is C#CCNCc1nn2c(C(F)(F)F)nnc2s1. The Hall–Kier alpha value is -1.66. The number of nitrogens with zero attached hydrogens (tertiary/aromatic N) is 4. The van der Waals surface area contributed by atoms with Crippen LogP contribution in [-0.4, -0.2) is 26.4 Å². The molecule has 2 heterocycles. The van der Waals surface area contributed by atoms with Gasteiger partial charge in [0.15, 0.2) is 0 Å². The van der Waals surface area contributed by atoms with Crippen molar-refractivity contribution in [2.45, 2.75) is 12.7 Å². The van der Waals surface area contributed by atoms with E-state index < -0.39 is 12.0 Å². The minimum Gasteiger partial charge on any atom is -0.300 e. The third kappa shape index (κ3) is 2.37. The Morgan fingerprint density at radius 2 is 2.18 bits per heavy atom. The van der Waals surface area contributed by atoms with Crippen LogP contribution in [0.1, 0.15) is 10.8 Å². The second kappa shape index (κ2) is 4.31. The van der Waals surface area contributed by atoms with Crippen molar-refractivity contribution in [1.29, 1.82) is 0 Å². The highest BCUT2D eigenvalue weighted by Crippen LogP contribution is 2.28. The molecule has 0 fully saturated rings. The van der Waals surface area contributed by atoms with Crippen molar-refractivity contribution in [3.05, 3.63) is 10.8 Å². The maximum absolute atomic E-state index is 12.5. The lowest BCUT2D eigenvalue weighted by Crippen LogP contribution is -2.14. The smallest absolute Gasteiger partial charge is 0.300 e. The maximum atomic E-state index is 12.5. The Morgan fingerprint density at radius 3 is 2.82 bits per heavy atom. The molecule has 0 aliphatic rings. The quantitative estimate of drug-likeness (QED) is 0.659. The van der Waals surface area contributed by atoms with Crippen molar-refractivity contribution in [2.24, 2.45) is 0 Å². The van der Waals surface area contributed by atoms with Gasteiger partial charge in [0.05, 0.1) is 13.1 Å². The van der Waals surface area contributed by atoms with Crippen molar-refractivity contribution in [3.8, 4) is 12.3 Å². The second-order valence-electron chi connectivity index (χ2n) is 3.02. The molecule has 0 atom stereocenters. The van der Waals surface area contributed by atoms with Crippen molar-refractivity contribution >= 4 is 16.3 Å². The van der Waals surface area contributed by atoms with Crippen LogP contribution < -0.4 is 5.32 Å². The van der Waals surface area contributed by atoms with Gasteiger partial charge >= 0.3 is 6.18 Å². The van der Waals surface area contributed by atoms with E-state index in [0.29, 0.717) is 22.6 Å². The number of hydrogen-bond acceptors (Lipinski definition) is 5. The fourth-order valence-corrected chi connectivity index (χ4v) is 1.95. The van der Waals surface area contributed by atoms with E-state index >= 15 is 0 Å². The van der Waals surface area contributed by atoms with Gasteiger partial charge in [0, 0.05) is 0 Å². The zero-order valence-electron chi connectivity index (χ0n) is 8.32. The fraction of sp³-hybridized carbons (Fsp3) is 0.375. The van der Waals surface area contributed by atoms with Gasteiger partial charge in [-0.25, -0.2) is 0 Å². The van der Waals surface area contributed by atoms with E-state index in [0.717, 1.165) is 11.3 Å². The van der Waals surface area contributed by atoms with Gasteiger partial charge in [0.2, 0.25) is 4.96 Å². The van der Waals surface area contributed by atoms with Gasteiger partial charge in [-0.05, 0) is 0 Å². The number of fused-ring (bicyclic) bond motifs is 1. The van der Waals surface area contributed by atoms with Gasteiger partial charge in [-0.1, -0.05) is 17.3 Å². The van der Waals surface area contributed by atoms with E-state index in [4.69, 9.17) is 6.42 Å². The monoisotopic (exact) mass is 261 g/mol. The third-order valence-electron chi connectivity index (χ3n) is 1.79. The molecule has 2 rings (SSSR count). The maximum Gasteiger partial charge on any atom is 0.453 e. The molecule has 0 saturated carbocycles. The number of hydrogen-bond donors (Lipinski definition) is 1. The van der Waals surface area contributed by atoms with Crippen LogP contribution in [0.5, 0.6) is 0 Å². The van der Waals surface area contributed by atoms with Crippen LogP contribution in [0.15, 0.2) is 0 Å². The molecule has 0 spiro atoms.